The molecule has 0 aromatic heterocycles. The van der Waals surface area contributed by atoms with E-state index in [-0.39, 0.29) is 12.0 Å². The number of nitrogens with one attached hydrogen (secondary N) is 2. The van der Waals surface area contributed by atoms with E-state index in [1.165, 1.54) is 17.9 Å². The summed E-state index contributed by atoms with van der Waals surface area (Å²) in [5.74, 6) is -1.55. The fraction of sp³-hybridized carbons (Fsp3) is 0.406. The average molecular weight is 566 g/mol. The third-order valence-electron chi connectivity index (χ3n) is 6.67. The van der Waals surface area contributed by atoms with Crippen LogP contribution in [0.3, 0.4) is 0 Å². The first-order valence-electron chi connectivity index (χ1n) is 13.8. The van der Waals surface area contributed by atoms with Crippen molar-refractivity contribution < 1.29 is 28.6 Å². The number of halogens is 1. The van der Waals surface area contributed by atoms with Crippen molar-refractivity contribution in [2.45, 2.75) is 77.7 Å². The van der Waals surface area contributed by atoms with Crippen molar-refractivity contribution in [3.8, 4) is 0 Å². The zero-order chi connectivity index (χ0) is 30.2. The lowest BCUT2D eigenvalue weighted by Gasteiger charge is -2.34. The number of carbonyl (C=O) groups is 3. The number of allylic oxidation sites excluding steroid dienone is 2. The first kappa shape index (κ1) is 31.5. The highest BCUT2D eigenvalue weighted by Crippen LogP contribution is 2.24. The molecule has 3 atom stereocenters. The third-order valence-corrected chi connectivity index (χ3v) is 6.67. The Kier molecular flexibility index (Phi) is 10.8. The molecule has 3 N–H and O–H groups in total. The molecule has 9 heteroatoms. The molecule has 2 aromatic carbocycles. The Labute approximate surface area is 241 Å². The van der Waals surface area contributed by atoms with Crippen LogP contribution in [0, 0.1) is 0 Å². The molecule has 41 heavy (non-hydrogen) atoms. The maximum absolute atomic E-state index is 14.0. The summed E-state index contributed by atoms with van der Waals surface area (Å²) in [4.78, 5) is 39.6. The van der Waals surface area contributed by atoms with Gasteiger partial charge in [0.1, 0.15) is 17.5 Å². The van der Waals surface area contributed by atoms with Gasteiger partial charge in [0.2, 0.25) is 5.91 Å². The fourth-order valence-electron chi connectivity index (χ4n) is 4.31. The zero-order valence-electron chi connectivity index (χ0n) is 24.3. The summed E-state index contributed by atoms with van der Waals surface area (Å²) in [7, 11) is 0. The van der Waals surface area contributed by atoms with E-state index < -0.39 is 47.5 Å². The van der Waals surface area contributed by atoms with Crippen LogP contribution in [-0.2, 0) is 20.7 Å². The van der Waals surface area contributed by atoms with Gasteiger partial charge < -0.3 is 25.4 Å². The summed E-state index contributed by atoms with van der Waals surface area (Å²) >= 11 is 0. The van der Waals surface area contributed by atoms with E-state index in [1.54, 1.807) is 45.9 Å². The predicted octanol–water partition coefficient (Wildman–Crippen LogP) is 5.61. The number of carbonyl (C=O) groups excluding carboxylic acids is 3. The number of aliphatic hydroxyl groups excluding tert-OH is 1. The van der Waals surface area contributed by atoms with Gasteiger partial charge in [-0.3, -0.25) is 9.59 Å². The smallest absolute Gasteiger partial charge is 0.410 e. The van der Waals surface area contributed by atoms with Crippen LogP contribution in [0.2, 0.25) is 0 Å². The molecular weight excluding hydrogens is 525 g/mol. The summed E-state index contributed by atoms with van der Waals surface area (Å²) < 4.78 is 19.6. The monoisotopic (exact) mass is 565 g/mol. The van der Waals surface area contributed by atoms with Gasteiger partial charge in [0.05, 0.1) is 17.7 Å². The molecule has 3 amide bonds. The molecule has 8 nitrogen and oxygen atoms in total. The maximum atomic E-state index is 14.0. The lowest BCUT2D eigenvalue weighted by atomic mass is 10.0. The lowest BCUT2D eigenvalue weighted by molar-refractivity contribution is -0.123. The van der Waals surface area contributed by atoms with Crippen LogP contribution >= 0.6 is 0 Å². The largest absolute Gasteiger partial charge is 0.444 e. The number of nitrogens with zero attached hydrogens (tertiary/aromatic N) is 1. The number of ether oxygens (including phenoxy) is 1. The van der Waals surface area contributed by atoms with Gasteiger partial charge in [-0.25, -0.2) is 9.18 Å². The Morgan fingerprint density at radius 1 is 1.05 bits per heavy atom. The van der Waals surface area contributed by atoms with Gasteiger partial charge in [-0.1, -0.05) is 54.6 Å². The number of benzene rings is 2. The molecule has 0 radical (unpaired) electrons. The second kappa shape index (κ2) is 14.1. The minimum absolute atomic E-state index is 0.0497. The highest BCUT2D eigenvalue weighted by atomic mass is 19.1. The first-order valence-corrected chi connectivity index (χ1v) is 13.8. The van der Waals surface area contributed by atoms with Crippen LogP contribution < -0.4 is 10.6 Å². The zero-order valence-corrected chi connectivity index (χ0v) is 24.3. The maximum Gasteiger partial charge on any atom is 0.410 e. The molecule has 1 aliphatic rings. The summed E-state index contributed by atoms with van der Waals surface area (Å²) in [5.41, 5.74) is 1.40. The predicted molar refractivity (Wildman–Crippen MR) is 157 cm³/mol. The standard InChI is InChI=1S/C32H40FN3O5/c1-21(34-30(39)26-13-9-10-14-27(26)33)29(38)35-25-17-15-23(16-18-25)19-20-36(31(40)41-32(3,4)5)22(2)28(37)24-11-7-6-8-12-24/h6-9,11-13,15-18,21-22,28,37H,10,14,19-20H2,1-5H3,(H,34,39)(H,35,38)/t21-,22?,28-/m0/s1. The second-order valence-corrected chi connectivity index (χ2v) is 11.2. The minimum atomic E-state index is -0.897. The van der Waals surface area contributed by atoms with Gasteiger partial charge in [-0.05, 0) is 70.7 Å². The normalized spacial score (nSPS) is 15.5. The number of amides is 3. The minimum Gasteiger partial charge on any atom is -0.444 e. The molecule has 1 unspecified atom stereocenters. The van der Waals surface area contributed by atoms with Crippen molar-refractivity contribution in [1.82, 2.24) is 10.2 Å². The SMILES string of the molecule is CC([C@H](O)c1ccccc1)N(CCc1ccc(NC(=O)[C@H](C)NC(=O)C2=C(F)CCC=C2)cc1)C(=O)OC(C)(C)C. The van der Waals surface area contributed by atoms with Crippen molar-refractivity contribution >= 4 is 23.6 Å². The summed E-state index contributed by atoms with van der Waals surface area (Å²) in [6.45, 7) is 9.00. The van der Waals surface area contributed by atoms with Crippen molar-refractivity contribution in [1.29, 1.82) is 0 Å². The average Bonchev–Trinajstić information content (AvgIpc) is 2.93. The van der Waals surface area contributed by atoms with Crippen LogP contribution in [-0.4, -0.2) is 52.1 Å². The molecule has 220 valence electrons. The highest BCUT2D eigenvalue weighted by molar-refractivity contribution is 6.02. The molecule has 3 rings (SSSR count). The van der Waals surface area contributed by atoms with E-state index in [1.807, 2.05) is 42.5 Å². The lowest BCUT2D eigenvalue weighted by Crippen LogP contribution is -2.45. The van der Waals surface area contributed by atoms with Crippen LogP contribution in [0.1, 0.15) is 64.7 Å². The number of anilines is 1. The molecule has 0 spiro atoms. The molecule has 0 saturated carbocycles. The van der Waals surface area contributed by atoms with E-state index in [0.717, 1.165) is 5.56 Å². The van der Waals surface area contributed by atoms with Gasteiger partial charge in [0.25, 0.3) is 5.91 Å². The Bertz CT molecular complexity index is 1270. The van der Waals surface area contributed by atoms with E-state index in [2.05, 4.69) is 10.6 Å². The summed E-state index contributed by atoms with van der Waals surface area (Å²) in [6.07, 6.45) is 2.95. The van der Waals surface area contributed by atoms with E-state index >= 15 is 0 Å². The molecule has 1 aliphatic carbocycles. The van der Waals surface area contributed by atoms with Gasteiger partial charge in [-0.15, -0.1) is 0 Å². The van der Waals surface area contributed by atoms with Crippen molar-refractivity contribution in [2.75, 3.05) is 11.9 Å². The Hall–Kier alpha value is -3.98. The Morgan fingerprint density at radius 2 is 1.71 bits per heavy atom. The van der Waals surface area contributed by atoms with E-state index in [4.69, 9.17) is 4.74 Å². The van der Waals surface area contributed by atoms with Crippen LogP contribution in [0.25, 0.3) is 0 Å². The summed E-state index contributed by atoms with van der Waals surface area (Å²) in [5, 5.41) is 16.3. The number of rotatable bonds is 10. The second-order valence-electron chi connectivity index (χ2n) is 11.2. The Morgan fingerprint density at radius 3 is 2.32 bits per heavy atom. The van der Waals surface area contributed by atoms with Crippen LogP contribution in [0.5, 0.6) is 0 Å². The molecule has 0 fully saturated rings. The molecule has 2 aromatic rings. The molecule has 0 saturated heterocycles. The quantitative estimate of drug-likeness (QED) is 0.347. The van der Waals surface area contributed by atoms with Gasteiger partial charge in [0.15, 0.2) is 0 Å². The molecule has 0 bridgehead atoms. The van der Waals surface area contributed by atoms with E-state index in [0.29, 0.717) is 30.6 Å². The molecule has 0 aliphatic heterocycles. The van der Waals surface area contributed by atoms with Crippen LogP contribution in [0.4, 0.5) is 14.9 Å². The van der Waals surface area contributed by atoms with Gasteiger partial charge >= 0.3 is 6.09 Å². The third kappa shape index (κ3) is 9.28. The molecule has 0 heterocycles. The first-order chi connectivity index (χ1) is 19.4. The number of hydrogen-bond donors (Lipinski definition) is 3. The van der Waals surface area contributed by atoms with Gasteiger partial charge in [-0.2, -0.15) is 0 Å². The topological polar surface area (TPSA) is 108 Å². The summed E-state index contributed by atoms with van der Waals surface area (Å²) in [6, 6.07) is 14.9. The number of aliphatic hydroxyl groups is 1. The molecular formula is C32H40FN3O5. The number of hydrogen-bond acceptors (Lipinski definition) is 5. The van der Waals surface area contributed by atoms with Gasteiger partial charge in [0, 0.05) is 18.7 Å². The fourth-order valence-corrected chi connectivity index (χ4v) is 4.31. The highest BCUT2D eigenvalue weighted by Gasteiger charge is 2.30. The van der Waals surface area contributed by atoms with Crippen molar-refractivity contribution in [2.24, 2.45) is 0 Å². The Balaban J connectivity index is 1.61. The van der Waals surface area contributed by atoms with Crippen LogP contribution in [0.15, 0.2) is 78.1 Å². The van der Waals surface area contributed by atoms with Crippen molar-refractivity contribution in [3.05, 3.63) is 89.3 Å². The van der Waals surface area contributed by atoms with E-state index in [9.17, 15) is 23.9 Å². The van der Waals surface area contributed by atoms with Crippen molar-refractivity contribution in [3.63, 3.8) is 0 Å².